The first-order valence-electron chi connectivity index (χ1n) is 9.03. The molecule has 0 fully saturated rings. The Labute approximate surface area is 167 Å². The molecule has 0 spiro atoms. The molecule has 0 unspecified atom stereocenters. The Morgan fingerprint density at radius 1 is 0.931 bits per heavy atom. The van der Waals surface area contributed by atoms with Crippen LogP contribution in [0.4, 0.5) is 16.2 Å². The van der Waals surface area contributed by atoms with E-state index in [2.05, 4.69) is 20.6 Å². The maximum absolute atomic E-state index is 12.2. The zero-order valence-electron chi connectivity index (χ0n) is 15.7. The topological polar surface area (TPSA) is 113 Å². The van der Waals surface area contributed by atoms with Crippen LogP contribution in [0.1, 0.15) is 16.1 Å². The summed E-state index contributed by atoms with van der Waals surface area (Å²) in [6, 6.07) is 18.1. The van der Waals surface area contributed by atoms with Gasteiger partial charge in [-0.05, 0) is 48.9 Å². The number of aromatic nitrogens is 2. The van der Waals surface area contributed by atoms with Crippen molar-refractivity contribution in [1.29, 1.82) is 0 Å². The monoisotopic (exact) mass is 385 g/mol. The summed E-state index contributed by atoms with van der Waals surface area (Å²) in [5.41, 5.74) is 10.4. The predicted molar refractivity (Wildman–Crippen MR) is 114 cm³/mol. The quantitative estimate of drug-likeness (QED) is 0.420. The normalized spacial score (nSPS) is 10.7. The van der Waals surface area contributed by atoms with E-state index < -0.39 is 5.91 Å². The molecule has 2 aromatic carbocycles. The predicted octanol–water partition coefficient (Wildman–Crippen LogP) is 4.28. The lowest BCUT2D eigenvalue weighted by Gasteiger charge is -2.09. The van der Waals surface area contributed by atoms with Gasteiger partial charge in [0.2, 0.25) is 0 Å². The largest absolute Gasteiger partial charge is 0.364 e. The molecular formula is C22H19N5O2. The molecule has 0 radical (unpaired) electrons. The number of rotatable bonds is 4. The van der Waals surface area contributed by atoms with Gasteiger partial charge in [0.15, 0.2) is 0 Å². The van der Waals surface area contributed by atoms with E-state index in [0.717, 1.165) is 16.5 Å². The lowest BCUT2D eigenvalue weighted by atomic mass is 10.0. The summed E-state index contributed by atoms with van der Waals surface area (Å²) in [5, 5.41) is 6.38. The van der Waals surface area contributed by atoms with Crippen molar-refractivity contribution in [3.05, 3.63) is 78.1 Å². The van der Waals surface area contributed by atoms with Gasteiger partial charge in [-0.2, -0.15) is 0 Å². The lowest BCUT2D eigenvalue weighted by Crippen LogP contribution is -2.19. The third kappa shape index (κ3) is 3.79. The van der Waals surface area contributed by atoms with Gasteiger partial charge in [0, 0.05) is 28.5 Å². The molecule has 2 aromatic heterocycles. The van der Waals surface area contributed by atoms with Gasteiger partial charge in [-0.3, -0.25) is 4.79 Å². The lowest BCUT2D eigenvalue weighted by molar-refractivity contribution is 0.0997. The smallest absolute Gasteiger partial charge is 0.323 e. The van der Waals surface area contributed by atoms with Gasteiger partial charge in [0.1, 0.15) is 11.3 Å². The molecule has 0 saturated heterocycles. The van der Waals surface area contributed by atoms with E-state index >= 15 is 0 Å². The summed E-state index contributed by atoms with van der Waals surface area (Å²) < 4.78 is 0. The van der Waals surface area contributed by atoms with Crippen LogP contribution in [0.3, 0.4) is 0 Å². The fourth-order valence-corrected chi connectivity index (χ4v) is 3.16. The molecule has 7 heteroatoms. The van der Waals surface area contributed by atoms with Gasteiger partial charge in [0.25, 0.3) is 5.91 Å². The minimum atomic E-state index is -0.558. The highest BCUT2D eigenvalue weighted by molar-refractivity contribution is 6.08. The fraction of sp³-hybridized carbons (Fsp3) is 0.0455. The van der Waals surface area contributed by atoms with Crippen LogP contribution >= 0.6 is 0 Å². The van der Waals surface area contributed by atoms with Crippen LogP contribution in [-0.2, 0) is 0 Å². The van der Waals surface area contributed by atoms with Crippen LogP contribution < -0.4 is 16.4 Å². The molecule has 5 N–H and O–H groups in total. The van der Waals surface area contributed by atoms with Gasteiger partial charge in [-0.25, -0.2) is 9.78 Å². The molecule has 0 saturated carbocycles. The molecule has 0 aliphatic rings. The van der Waals surface area contributed by atoms with Gasteiger partial charge in [-0.15, -0.1) is 0 Å². The van der Waals surface area contributed by atoms with Crippen LogP contribution in [0, 0.1) is 6.92 Å². The molecule has 2 heterocycles. The van der Waals surface area contributed by atoms with Crippen molar-refractivity contribution in [2.75, 3.05) is 10.6 Å². The zero-order chi connectivity index (χ0) is 20.4. The number of nitrogens with one attached hydrogen (secondary N) is 3. The minimum Gasteiger partial charge on any atom is -0.364 e. The van der Waals surface area contributed by atoms with Gasteiger partial charge >= 0.3 is 6.03 Å². The number of hydrogen-bond donors (Lipinski definition) is 4. The number of benzene rings is 2. The van der Waals surface area contributed by atoms with E-state index in [9.17, 15) is 9.59 Å². The number of primary amides is 1. The Bertz CT molecular complexity index is 1190. The van der Waals surface area contributed by atoms with Crippen LogP contribution in [-0.4, -0.2) is 21.9 Å². The van der Waals surface area contributed by atoms with E-state index in [-0.39, 0.29) is 6.03 Å². The van der Waals surface area contributed by atoms with Crippen molar-refractivity contribution in [3.63, 3.8) is 0 Å². The van der Waals surface area contributed by atoms with Crippen LogP contribution in [0.5, 0.6) is 0 Å². The number of fused-ring (bicyclic) bond motifs is 1. The van der Waals surface area contributed by atoms with Crippen molar-refractivity contribution >= 4 is 34.3 Å². The summed E-state index contributed by atoms with van der Waals surface area (Å²) in [7, 11) is 0. The molecule has 0 atom stereocenters. The molecule has 4 aromatic rings. The third-order valence-corrected chi connectivity index (χ3v) is 4.56. The van der Waals surface area contributed by atoms with E-state index in [1.54, 1.807) is 24.4 Å². The van der Waals surface area contributed by atoms with E-state index in [0.29, 0.717) is 28.3 Å². The highest BCUT2D eigenvalue weighted by Crippen LogP contribution is 2.32. The molecule has 0 bridgehead atoms. The number of urea groups is 1. The van der Waals surface area contributed by atoms with E-state index in [1.165, 1.54) is 0 Å². The first-order valence-corrected chi connectivity index (χ1v) is 9.03. The molecule has 29 heavy (non-hydrogen) atoms. The number of carbonyl (C=O) groups excluding carboxylic acids is 2. The standard InChI is InChI=1S/C22H19N5O2/c1-13-4-8-15(9-5-13)25-22(29)26-16-10-6-14(7-11-16)18-17-3-2-12-24-21(17)27-19(18)20(23)28/h2-12H,1H3,(H2,23,28)(H,24,27)(H2,25,26,29). The van der Waals surface area contributed by atoms with Crippen LogP contribution in [0.25, 0.3) is 22.2 Å². The Morgan fingerprint density at radius 2 is 1.55 bits per heavy atom. The van der Waals surface area contributed by atoms with Crippen molar-refractivity contribution in [3.8, 4) is 11.1 Å². The Kier molecular flexibility index (Phi) is 4.70. The number of anilines is 2. The Balaban J connectivity index is 1.56. The summed E-state index contributed by atoms with van der Waals surface area (Å²) in [6.07, 6.45) is 1.65. The van der Waals surface area contributed by atoms with Crippen molar-refractivity contribution < 1.29 is 9.59 Å². The molecular weight excluding hydrogens is 366 g/mol. The maximum atomic E-state index is 12.2. The number of nitrogens with two attached hydrogens (primary N) is 1. The molecule has 144 valence electrons. The van der Waals surface area contributed by atoms with Crippen molar-refractivity contribution in [1.82, 2.24) is 9.97 Å². The summed E-state index contributed by atoms with van der Waals surface area (Å²) in [4.78, 5) is 31.3. The second kappa shape index (κ2) is 7.47. The number of aryl methyl sites for hydroxylation is 1. The number of nitrogens with zero attached hydrogens (tertiary/aromatic N) is 1. The SMILES string of the molecule is Cc1ccc(NC(=O)Nc2ccc(-c3c(C(N)=O)[nH]c4ncccc34)cc2)cc1. The number of carbonyl (C=O) groups is 2. The highest BCUT2D eigenvalue weighted by atomic mass is 16.2. The maximum Gasteiger partial charge on any atom is 0.323 e. The zero-order valence-corrected chi connectivity index (χ0v) is 15.7. The number of pyridine rings is 1. The summed E-state index contributed by atoms with van der Waals surface area (Å²) in [5.74, 6) is -0.558. The minimum absolute atomic E-state index is 0.302. The van der Waals surface area contributed by atoms with Crippen LogP contribution in [0.2, 0.25) is 0 Å². The molecule has 0 aliphatic carbocycles. The van der Waals surface area contributed by atoms with E-state index in [1.807, 2.05) is 49.4 Å². The van der Waals surface area contributed by atoms with Crippen LogP contribution in [0.15, 0.2) is 66.9 Å². The molecule has 4 rings (SSSR count). The summed E-state index contributed by atoms with van der Waals surface area (Å²) in [6.45, 7) is 1.98. The van der Waals surface area contributed by atoms with Gasteiger partial charge < -0.3 is 21.4 Å². The van der Waals surface area contributed by atoms with E-state index in [4.69, 9.17) is 5.73 Å². The number of H-pyrrole nitrogens is 1. The fourth-order valence-electron chi connectivity index (χ4n) is 3.16. The van der Waals surface area contributed by atoms with Gasteiger partial charge in [0.05, 0.1) is 0 Å². The second-order valence-electron chi connectivity index (χ2n) is 6.66. The van der Waals surface area contributed by atoms with Crippen molar-refractivity contribution in [2.24, 2.45) is 5.73 Å². The Hall–Kier alpha value is -4.13. The molecule has 7 nitrogen and oxygen atoms in total. The number of hydrogen-bond acceptors (Lipinski definition) is 3. The first-order chi connectivity index (χ1) is 14.0. The molecule has 3 amide bonds. The average Bonchev–Trinajstić information content (AvgIpc) is 3.10. The molecule has 0 aliphatic heterocycles. The van der Waals surface area contributed by atoms with Gasteiger partial charge in [-0.1, -0.05) is 29.8 Å². The average molecular weight is 385 g/mol. The number of amides is 3. The third-order valence-electron chi connectivity index (χ3n) is 4.56. The summed E-state index contributed by atoms with van der Waals surface area (Å²) >= 11 is 0. The Morgan fingerprint density at radius 3 is 2.17 bits per heavy atom. The van der Waals surface area contributed by atoms with Crippen molar-refractivity contribution in [2.45, 2.75) is 6.92 Å². The highest BCUT2D eigenvalue weighted by Gasteiger charge is 2.17. The number of aromatic amines is 1. The first kappa shape index (κ1) is 18.2. The second-order valence-corrected chi connectivity index (χ2v) is 6.66.